The van der Waals surface area contributed by atoms with Crippen LogP contribution in [0, 0.1) is 11.3 Å². The fourth-order valence-corrected chi connectivity index (χ4v) is 2.80. The number of amides is 1. The molecule has 0 bridgehead atoms. The van der Waals surface area contributed by atoms with Gasteiger partial charge in [0.15, 0.2) is 11.5 Å². The lowest BCUT2D eigenvalue weighted by Gasteiger charge is -2.08. The van der Waals surface area contributed by atoms with Crippen molar-refractivity contribution >= 4 is 34.7 Å². The highest BCUT2D eigenvalue weighted by Gasteiger charge is 2.10. The number of aromatic nitrogens is 4. The number of carbonyl (C=O) groups excluding carboxylic acids is 1. The zero-order valence-corrected chi connectivity index (χ0v) is 15.7. The summed E-state index contributed by atoms with van der Waals surface area (Å²) in [5.41, 5.74) is 8.25. The number of nitrogens with one attached hydrogen (secondary N) is 1. The Labute approximate surface area is 166 Å². The number of hydrogen-bond donors (Lipinski definition) is 2. The number of alkyl carbamates (subject to hydrolysis) is 1. The molecule has 1 aromatic carbocycles. The number of nitrogen functional groups attached to an aromatic ring is 1. The number of unbranched alkanes of at least 4 members (excludes halogenated alkanes) is 1. The van der Waals surface area contributed by atoms with E-state index in [1.54, 1.807) is 24.5 Å². The maximum absolute atomic E-state index is 11.8. The van der Waals surface area contributed by atoms with Gasteiger partial charge in [0, 0.05) is 13.1 Å². The molecular weight excluding hydrogens is 382 g/mol. The first kappa shape index (κ1) is 19.4. The molecule has 144 valence electrons. The minimum absolute atomic E-state index is 0.0760. The van der Waals surface area contributed by atoms with E-state index in [-0.39, 0.29) is 17.7 Å². The number of ether oxygens (including phenoxy) is 1. The topological polar surface area (TPSA) is 132 Å². The molecule has 1 amide bonds. The lowest BCUT2D eigenvalue weighted by molar-refractivity contribution is 0.143. The molecular formula is C18H18ClN7O2. The molecule has 2 heterocycles. The van der Waals surface area contributed by atoms with Crippen molar-refractivity contribution in [1.82, 2.24) is 24.8 Å². The highest BCUT2D eigenvalue weighted by Crippen LogP contribution is 2.18. The van der Waals surface area contributed by atoms with E-state index in [9.17, 15) is 4.79 Å². The van der Waals surface area contributed by atoms with Gasteiger partial charge in [-0.15, -0.1) is 0 Å². The number of rotatable bonds is 7. The predicted molar refractivity (Wildman–Crippen MR) is 103 cm³/mol. The summed E-state index contributed by atoms with van der Waals surface area (Å²) in [6.45, 7) is 1.22. The minimum atomic E-state index is -0.497. The summed E-state index contributed by atoms with van der Waals surface area (Å²) in [5, 5.41) is 11.6. The molecule has 0 aliphatic rings. The second kappa shape index (κ2) is 9.01. The Bertz CT molecular complexity index is 1030. The Morgan fingerprint density at radius 2 is 2.21 bits per heavy atom. The van der Waals surface area contributed by atoms with E-state index >= 15 is 0 Å². The Hall–Kier alpha value is -3.38. The van der Waals surface area contributed by atoms with Crippen LogP contribution in [0.2, 0.25) is 5.28 Å². The first-order valence-corrected chi connectivity index (χ1v) is 8.98. The van der Waals surface area contributed by atoms with Gasteiger partial charge in [-0.05, 0) is 42.1 Å². The van der Waals surface area contributed by atoms with E-state index in [2.05, 4.69) is 26.3 Å². The third-order valence-corrected chi connectivity index (χ3v) is 4.15. The van der Waals surface area contributed by atoms with Gasteiger partial charge in [-0.2, -0.15) is 15.2 Å². The molecule has 0 aliphatic carbocycles. The number of imidazole rings is 1. The van der Waals surface area contributed by atoms with E-state index in [1.807, 2.05) is 10.6 Å². The van der Waals surface area contributed by atoms with Gasteiger partial charge in [-0.25, -0.2) is 9.78 Å². The van der Waals surface area contributed by atoms with Crippen molar-refractivity contribution in [2.24, 2.45) is 0 Å². The lowest BCUT2D eigenvalue weighted by Crippen LogP contribution is -2.24. The summed E-state index contributed by atoms with van der Waals surface area (Å²) in [4.78, 5) is 24.0. The van der Waals surface area contributed by atoms with Crippen molar-refractivity contribution in [3.8, 4) is 6.07 Å². The van der Waals surface area contributed by atoms with Crippen LogP contribution in [0.25, 0.3) is 11.2 Å². The third kappa shape index (κ3) is 4.86. The van der Waals surface area contributed by atoms with Gasteiger partial charge in [0.2, 0.25) is 5.28 Å². The van der Waals surface area contributed by atoms with Gasteiger partial charge in [0.1, 0.15) is 5.52 Å². The second-order valence-electron chi connectivity index (χ2n) is 6.00. The van der Waals surface area contributed by atoms with Crippen molar-refractivity contribution in [2.75, 3.05) is 12.3 Å². The summed E-state index contributed by atoms with van der Waals surface area (Å²) < 4.78 is 6.99. The zero-order chi connectivity index (χ0) is 19.9. The fraction of sp³-hybridized carbons (Fsp3) is 0.278. The van der Waals surface area contributed by atoms with E-state index < -0.39 is 6.09 Å². The monoisotopic (exact) mass is 399 g/mol. The van der Waals surface area contributed by atoms with Crippen molar-refractivity contribution < 1.29 is 9.53 Å². The average molecular weight is 400 g/mol. The van der Waals surface area contributed by atoms with Crippen LogP contribution >= 0.6 is 11.6 Å². The van der Waals surface area contributed by atoms with Crippen molar-refractivity contribution in [1.29, 1.82) is 5.26 Å². The summed E-state index contributed by atoms with van der Waals surface area (Å²) in [6.07, 6.45) is 2.56. The largest absolute Gasteiger partial charge is 0.450 e. The highest BCUT2D eigenvalue weighted by atomic mass is 35.5. The molecule has 0 saturated heterocycles. The number of fused-ring (bicyclic) bond motifs is 1. The second-order valence-corrected chi connectivity index (χ2v) is 6.33. The molecule has 2 aromatic heterocycles. The molecule has 9 nitrogen and oxygen atoms in total. The van der Waals surface area contributed by atoms with Gasteiger partial charge in [0.05, 0.1) is 24.6 Å². The molecule has 0 saturated carbocycles. The molecule has 0 atom stereocenters. The normalized spacial score (nSPS) is 10.6. The number of hydrogen-bond acceptors (Lipinski definition) is 7. The standard InChI is InChI=1S/C18H18ClN7O2/c19-17-24-15(21)14-16(25-17)26(11-23-14)6-1-2-7-28-18(27)22-10-13-5-3-4-12(8-13)9-20/h3-5,8,11H,1-2,6-7,10H2,(H,22,27)(H2,21,24,25). The molecule has 28 heavy (non-hydrogen) atoms. The molecule has 0 fully saturated rings. The molecule has 0 unspecified atom stereocenters. The minimum Gasteiger partial charge on any atom is -0.450 e. The summed E-state index contributed by atoms with van der Waals surface area (Å²) in [6, 6.07) is 9.09. The van der Waals surface area contributed by atoms with Crippen LogP contribution in [0.5, 0.6) is 0 Å². The van der Waals surface area contributed by atoms with Crippen LogP contribution in [0.4, 0.5) is 10.6 Å². The molecule has 0 spiro atoms. The van der Waals surface area contributed by atoms with Gasteiger partial charge >= 0.3 is 6.09 Å². The Morgan fingerprint density at radius 3 is 3.04 bits per heavy atom. The third-order valence-electron chi connectivity index (χ3n) is 3.98. The van der Waals surface area contributed by atoms with E-state index in [4.69, 9.17) is 27.3 Å². The van der Waals surface area contributed by atoms with Crippen molar-refractivity contribution in [3.05, 3.63) is 47.0 Å². The smallest absolute Gasteiger partial charge is 0.407 e. The first-order chi connectivity index (χ1) is 13.6. The number of nitriles is 1. The molecule has 3 aromatic rings. The van der Waals surface area contributed by atoms with E-state index in [1.165, 1.54) is 0 Å². The fourth-order valence-electron chi connectivity index (χ4n) is 2.63. The first-order valence-electron chi connectivity index (χ1n) is 8.60. The van der Waals surface area contributed by atoms with Crippen LogP contribution < -0.4 is 11.1 Å². The lowest BCUT2D eigenvalue weighted by atomic mass is 10.1. The van der Waals surface area contributed by atoms with Crippen LogP contribution in [-0.4, -0.2) is 32.2 Å². The Morgan fingerprint density at radius 1 is 1.36 bits per heavy atom. The van der Waals surface area contributed by atoms with Crippen LogP contribution in [-0.2, 0) is 17.8 Å². The molecule has 3 rings (SSSR count). The number of nitrogens with two attached hydrogens (primary N) is 1. The van der Waals surface area contributed by atoms with Gasteiger partial charge in [0.25, 0.3) is 0 Å². The van der Waals surface area contributed by atoms with Gasteiger partial charge < -0.3 is 20.4 Å². The maximum Gasteiger partial charge on any atom is 0.407 e. The zero-order valence-electron chi connectivity index (χ0n) is 14.9. The molecule has 3 N–H and O–H groups in total. The number of benzene rings is 1. The maximum atomic E-state index is 11.8. The summed E-state index contributed by atoms with van der Waals surface area (Å²) in [5.74, 6) is 0.245. The number of nitrogens with zero attached hydrogens (tertiary/aromatic N) is 5. The number of carbonyl (C=O) groups is 1. The molecule has 10 heteroatoms. The average Bonchev–Trinajstić information content (AvgIpc) is 3.09. The quantitative estimate of drug-likeness (QED) is 0.461. The van der Waals surface area contributed by atoms with Crippen LogP contribution in [0.3, 0.4) is 0 Å². The van der Waals surface area contributed by atoms with E-state index in [0.717, 1.165) is 12.0 Å². The SMILES string of the molecule is N#Cc1cccc(CNC(=O)OCCCCn2cnc3c(N)nc(Cl)nc32)c1. The summed E-state index contributed by atoms with van der Waals surface area (Å²) in [7, 11) is 0. The number of aryl methyl sites for hydroxylation is 1. The highest BCUT2D eigenvalue weighted by molar-refractivity contribution is 6.28. The number of halogens is 1. The van der Waals surface area contributed by atoms with Crippen molar-refractivity contribution in [2.45, 2.75) is 25.9 Å². The Kier molecular flexibility index (Phi) is 6.24. The number of anilines is 1. The van der Waals surface area contributed by atoms with Crippen LogP contribution in [0.15, 0.2) is 30.6 Å². The van der Waals surface area contributed by atoms with Gasteiger partial charge in [-0.3, -0.25) is 0 Å². The Balaban J connectivity index is 1.39. The van der Waals surface area contributed by atoms with Crippen molar-refractivity contribution in [3.63, 3.8) is 0 Å². The molecule has 0 radical (unpaired) electrons. The summed E-state index contributed by atoms with van der Waals surface area (Å²) >= 11 is 5.84. The van der Waals surface area contributed by atoms with Gasteiger partial charge in [-0.1, -0.05) is 12.1 Å². The van der Waals surface area contributed by atoms with E-state index in [0.29, 0.717) is 36.2 Å². The van der Waals surface area contributed by atoms with Crippen LogP contribution in [0.1, 0.15) is 24.0 Å². The molecule has 0 aliphatic heterocycles. The predicted octanol–water partition coefficient (Wildman–Crippen LogP) is 2.64.